The third-order valence-corrected chi connectivity index (χ3v) is 4.56. The van der Waals surface area contributed by atoms with Crippen molar-refractivity contribution in [3.05, 3.63) is 42.6 Å². The third kappa shape index (κ3) is 2.45. The van der Waals surface area contributed by atoms with Gasteiger partial charge >= 0.3 is 0 Å². The Balaban J connectivity index is 2.71. The molecule has 19 heavy (non-hydrogen) atoms. The summed E-state index contributed by atoms with van der Waals surface area (Å²) in [6, 6.07) is 9.53. The summed E-state index contributed by atoms with van der Waals surface area (Å²) in [4.78, 5) is 4.17. The van der Waals surface area contributed by atoms with Gasteiger partial charge in [0.05, 0.1) is 4.90 Å². The van der Waals surface area contributed by atoms with E-state index in [0.717, 1.165) is 4.31 Å². The number of benzene rings is 1. The quantitative estimate of drug-likeness (QED) is 0.927. The molecule has 0 spiro atoms. The molecule has 0 aliphatic heterocycles. The summed E-state index contributed by atoms with van der Waals surface area (Å²) in [6.07, 6.45) is 1.51. The molecule has 100 valence electrons. The maximum Gasteiger partial charge on any atom is 0.243 e. The second kappa shape index (κ2) is 4.99. The molecule has 0 unspecified atom stereocenters. The van der Waals surface area contributed by atoms with Crippen molar-refractivity contribution < 1.29 is 13.5 Å². The summed E-state index contributed by atoms with van der Waals surface area (Å²) in [6.45, 7) is 0. The minimum atomic E-state index is -3.59. The summed E-state index contributed by atoms with van der Waals surface area (Å²) >= 11 is 0. The fraction of sp³-hybridized carbons (Fsp3) is 0.154. The molecule has 0 amide bonds. The predicted octanol–water partition coefficient (Wildman–Crippen LogP) is 1.70. The van der Waals surface area contributed by atoms with Crippen molar-refractivity contribution in [2.75, 3.05) is 14.1 Å². The van der Waals surface area contributed by atoms with Crippen molar-refractivity contribution in [1.82, 2.24) is 9.29 Å². The van der Waals surface area contributed by atoms with E-state index < -0.39 is 10.0 Å². The van der Waals surface area contributed by atoms with Crippen LogP contribution in [0.25, 0.3) is 11.3 Å². The third-order valence-electron chi connectivity index (χ3n) is 2.69. The molecule has 1 N–H and O–H groups in total. The van der Waals surface area contributed by atoms with Crippen molar-refractivity contribution in [2.24, 2.45) is 0 Å². The smallest absolute Gasteiger partial charge is 0.243 e. The van der Waals surface area contributed by atoms with E-state index in [9.17, 15) is 13.5 Å². The van der Waals surface area contributed by atoms with Gasteiger partial charge in [0.25, 0.3) is 0 Å². The van der Waals surface area contributed by atoms with Crippen molar-refractivity contribution in [1.29, 1.82) is 0 Å². The molecular formula is C13H14N2O3S. The lowest BCUT2D eigenvalue weighted by Gasteiger charge is -2.15. The Kier molecular flexibility index (Phi) is 3.55. The Labute approximate surface area is 112 Å². The van der Waals surface area contributed by atoms with Crippen molar-refractivity contribution in [3.63, 3.8) is 0 Å². The van der Waals surface area contributed by atoms with Crippen molar-refractivity contribution in [2.45, 2.75) is 4.90 Å². The van der Waals surface area contributed by atoms with Crippen LogP contribution in [0.1, 0.15) is 0 Å². The van der Waals surface area contributed by atoms with E-state index in [-0.39, 0.29) is 16.3 Å². The van der Waals surface area contributed by atoms with Crippen LogP contribution in [0.3, 0.4) is 0 Å². The number of sulfonamides is 1. The maximum atomic E-state index is 12.3. The molecule has 0 atom stereocenters. The van der Waals surface area contributed by atoms with Crippen LogP contribution in [-0.4, -0.2) is 36.9 Å². The summed E-state index contributed by atoms with van der Waals surface area (Å²) in [5.74, 6) is -0.0519. The molecule has 0 radical (unpaired) electrons. The Bertz CT molecular complexity index is 697. The molecule has 5 nitrogen and oxygen atoms in total. The molecule has 0 fully saturated rings. The zero-order valence-corrected chi connectivity index (χ0v) is 11.4. The predicted molar refractivity (Wildman–Crippen MR) is 72.2 cm³/mol. The van der Waals surface area contributed by atoms with Crippen LogP contribution in [0.5, 0.6) is 5.75 Å². The van der Waals surface area contributed by atoms with E-state index >= 15 is 0 Å². The van der Waals surface area contributed by atoms with Gasteiger partial charge in [-0.25, -0.2) is 12.7 Å². The number of pyridine rings is 1. The fourth-order valence-corrected chi connectivity index (χ4v) is 2.77. The van der Waals surface area contributed by atoms with Gasteiger partial charge in [-0.15, -0.1) is 0 Å². The standard InChI is InChI=1S/C13H14N2O3S/c1-15(2)19(17,18)12-8-4-3-6-10(12)13-11(16)7-5-9-14-13/h3-9,16H,1-2H3. The van der Waals surface area contributed by atoms with E-state index in [0.29, 0.717) is 5.56 Å². The lowest BCUT2D eigenvalue weighted by molar-refractivity contribution is 0.475. The van der Waals surface area contributed by atoms with Gasteiger partial charge < -0.3 is 5.11 Å². The van der Waals surface area contributed by atoms with Crippen LogP contribution in [0, 0.1) is 0 Å². The number of hydrogen-bond acceptors (Lipinski definition) is 4. The minimum Gasteiger partial charge on any atom is -0.506 e. The van der Waals surface area contributed by atoms with Gasteiger partial charge in [-0.05, 0) is 18.2 Å². The Morgan fingerprint density at radius 2 is 1.79 bits per heavy atom. The number of aromatic nitrogens is 1. The molecule has 1 aromatic carbocycles. The zero-order chi connectivity index (χ0) is 14.0. The van der Waals surface area contributed by atoms with Crippen LogP contribution < -0.4 is 0 Å². The molecule has 0 bridgehead atoms. The van der Waals surface area contributed by atoms with Crippen LogP contribution in [0.4, 0.5) is 0 Å². The topological polar surface area (TPSA) is 70.5 Å². The molecule has 0 saturated heterocycles. The van der Waals surface area contributed by atoms with Gasteiger partial charge in [0.15, 0.2) is 0 Å². The average molecular weight is 278 g/mol. The highest BCUT2D eigenvalue weighted by Gasteiger charge is 2.23. The van der Waals surface area contributed by atoms with E-state index in [1.54, 1.807) is 24.3 Å². The SMILES string of the molecule is CN(C)S(=O)(=O)c1ccccc1-c1ncccc1O. The zero-order valence-electron chi connectivity index (χ0n) is 10.6. The van der Waals surface area contributed by atoms with Gasteiger partial charge in [0.2, 0.25) is 10.0 Å². The minimum absolute atomic E-state index is 0.0519. The highest BCUT2D eigenvalue weighted by atomic mass is 32.2. The van der Waals surface area contributed by atoms with Crippen LogP contribution in [0.2, 0.25) is 0 Å². The lowest BCUT2D eigenvalue weighted by Crippen LogP contribution is -2.22. The van der Waals surface area contributed by atoms with Crippen LogP contribution in [0.15, 0.2) is 47.5 Å². The second-order valence-electron chi connectivity index (χ2n) is 4.15. The fourth-order valence-electron chi connectivity index (χ4n) is 1.69. The molecule has 6 heteroatoms. The van der Waals surface area contributed by atoms with E-state index in [2.05, 4.69) is 4.98 Å². The van der Waals surface area contributed by atoms with Gasteiger partial charge in [-0.2, -0.15) is 0 Å². The molecule has 2 rings (SSSR count). The summed E-state index contributed by atoms with van der Waals surface area (Å²) in [5, 5.41) is 9.82. The maximum absolute atomic E-state index is 12.3. The summed E-state index contributed by atoms with van der Waals surface area (Å²) in [7, 11) is -0.665. The molecule has 0 saturated carbocycles. The number of rotatable bonds is 3. The second-order valence-corrected chi connectivity index (χ2v) is 6.27. The summed E-state index contributed by atoms with van der Waals surface area (Å²) < 4.78 is 25.6. The van der Waals surface area contributed by atoms with Gasteiger partial charge in [0.1, 0.15) is 11.4 Å². The molecular weight excluding hydrogens is 264 g/mol. The number of hydrogen-bond donors (Lipinski definition) is 1. The Morgan fingerprint density at radius 3 is 2.42 bits per heavy atom. The van der Waals surface area contributed by atoms with Crippen LogP contribution >= 0.6 is 0 Å². The Morgan fingerprint density at radius 1 is 1.11 bits per heavy atom. The van der Waals surface area contributed by atoms with Crippen molar-refractivity contribution in [3.8, 4) is 17.0 Å². The molecule has 0 aliphatic rings. The molecule has 0 aliphatic carbocycles. The van der Waals surface area contributed by atoms with Crippen molar-refractivity contribution >= 4 is 10.0 Å². The number of aromatic hydroxyl groups is 1. The van der Waals surface area contributed by atoms with E-state index in [1.807, 2.05) is 0 Å². The normalized spacial score (nSPS) is 11.7. The van der Waals surface area contributed by atoms with E-state index in [4.69, 9.17) is 0 Å². The Hall–Kier alpha value is -1.92. The highest BCUT2D eigenvalue weighted by Crippen LogP contribution is 2.32. The monoisotopic (exact) mass is 278 g/mol. The van der Waals surface area contributed by atoms with Crippen LogP contribution in [-0.2, 0) is 10.0 Å². The largest absolute Gasteiger partial charge is 0.506 e. The highest BCUT2D eigenvalue weighted by molar-refractivity contribution is 7.89. The molecule has 2 aromatic rings. The van der Waals surface area contributed by atoms with Gasteiger partial charge in [0, 0.05) is 25.9 Å². The number of nitrogens with zero attached hydrogens (tertiary/aromatic N) is 2. The van der Waals surface area contributed by atoms with Gasteiger partial charge in [-0.1, -0.05) is 18.2 Å². The first-order valence-corrected chi connectivity index (χ1v) is 7.04. The molecule has 1 heterocycles. The molecule has 1 aromatic heterocycles. The first-order valence-electron chi connectivity index (χ1n) is 5.60. The first-order chi connectivity index (χ1) is 8.94. The first kappa shape index (κ1) is 13.5. The van der Waals surface area contributed by atoms with E-state index in [1.165, 1.54) is 32.4 Å². The lowest BCUT2D eigenvalue weighted by atomic mass is 10.1. The summed E-state index contributed by atoms with van der Waals surface area (Å²) in [5.41, 5.74) is 0.637. The van der Waals surface area contributed by atoms with Gasteiger partial charge in [-0.3, -0.25) is 4.98 Å². The average Bonchev–Trinajstić information content (AvgIpc) is 2.39.